The fourth-order valence-electron chi connectivity index (χ4n) is 3.60. The standard InChI is InChI=1S/C19H21F3N2O4/c1-10-8-24(9-11(2)28-10)18-12(19(20,21)22)6-7-13(23-18)17(27)16-14(25)4-3-5-15(16)26/h6-7,10-11,27H,3-5,8-9H2,1-2H3/t10-,11+. The number of halogens is 3. The molecule has 0 unspecified atom stereocenters. The quantitative estimate of drug-likeness (QED) is 0.468. The summed E-state index contributed by atoms with van der Waals surface area (Å²) in [6, 6.07) is 1.80. The summed E-state index contributed by atoms with van der Waals surface area (Å²) in [5, 5.41) is 10.5. The maximum atomic E-state index is 13.5. The Morgan fingerprint density at radius 2 is 1.71 bits per heavy atom. The Balaban J connectivity index is 2.10. The molecule has 1 saturated heterocycles. The Labute approximate surface area is 160 Å². The Kier molecular flexibility index (Phi) is 5.47. The molecular weight excluding hydrogens is 377 g/mol. The lowest BCUT2D eigenvalue weighted by atomic mass is 9.90. The van der Waals surface area contributed by atoms with Crippen molar-refractivity contribution in [3.8, 4) is 0 Å². The van der Waals surface area contributed by atoms with E-state index in [1.165, 1.54) is 4.90 Å². The molecule has 1 aromatic heterocycles. The third-order valence-electron chi connectivity index (χ3n) is 4.74. The summed E-state index contributed by atoms with van der Waals surface area (Å²) in [7, 11) is 0. The molecule has 6 nitrogen and oxygen atoms in total. The van der Waals surface area contributed by atoms with E-state index in [1.807, 2.05) is 0 Å². The summed E-state index contributed by atoms with van der Waals surface area (Å²) >= 11 is 0. The number of pyridine rings is 1. The zero-order valence-corrected chi connectivity index (χ0v) is 15.5. The number of rotatable bonds is 2. The number of Topliss-reactive ketones (excluding diaryl/α,β-unsaturated/α-hetero) is 2. The van der Waals surface area contributed by atoms with Gasteiger partial charge in [-0.05, 0) is 32.4 Å². The minimum atomic E-state index is -4.65. The lowest BCUT2D eigenvalue weighted by Gasteiger charge is -2.37. The molecule has 2 fully saturated rings. The topological polar surface area (TPSA) is 79.7 Å². The lowest BCUT2D eigenvalue weighted by molar-refractivity contribution is -0.137. The molecular formula is C19H21F3N2O4. The Bertz CT molecular complexity index is 807. The van der Waals surface area contributed by atoms with Crippen LogP contribution in [0.2, 0.25) is 0 Å². The van der Waals surface area contributed by atoms with Crippen molar-refractivity contribution in [3.05, 3.63) is 29.0 Å². The second-order valence-electron chi connectivity index (χ2n) is 7.15. The SMILES string of the molecule is C[C@@H]1CN(c2nc(C(O)=C3C(=O)CCCC3=O)ccc2C(F)(F)F)C[C@H](C)O1. The van der Waals surface area contributed by atoms with E-state index in [-0.39, 0.29) is 55.2 Å². The first-order valence-electron chi connectivity index (χ1n) is 9.06. The Morgan fingerprint density at radius 3 is 2.25 bits per heavy atom. The normalized spacial score (nSPS) is 23.9. The molecule has 1 aliphatic carbocycles. The fraction of sp³-hybridized carbons (Fsp3) is 0.526. The number of carbonyl (C=O) groups excluding carboxylic acids is 2. The summed E-state index contributed by atoms with van der Waals surface area (Å²) in [6.45, 7) is 3.88. The average molecular weight is 398 g/mol. The van der Waals surface area contributed by atoms with Gasteiger partial charge in [-0.2, -0.15) is 13.2 Å². The average Bonchev–Trinajstić information content (AvgIpc) is 2.59. The van der Waals surface area contributed by atoms with Crippen molar-refractivity contribution in [1.29, 1.82) is 0 Å². The number of alkyl halides is 3. The van der Waals surface area contributed by atoms with Crippen LogP contribution in [-0.4, -0.2) is 47.0 Å². The summed E-state index contributed by atoms with van der Waals surface area (Å²) < 4.78 is 46.2. The highest BCUT2D eigenvalue weighted by molar-refractivity contribution is 6.25. The molecule has 1 aromatic rings. The number of ether oxygens (including phenoxy) is 1. The van der Waals surface area contributed by atoms with Crippen LogP contribution in [0.3, 0.4) is 0 Å². The molecule has 0 aromatic carbocycles. The van der Waals surface area contributed by atoms with Gasteiger partial charge in [-0.25, -0.2) is 4.98 Å². The zero-order valence-electron chi connectivity index (χ0n) is 15.5. The van der Waals surface area contributed by atoms with Gasteiger partial charge in [-0.1, -0.05) is 0 Å². The van der Waals surface area contributed by atoms with Crippen molar-refractivity contribution < 1.29 is 32.6 Å². The van der Waals surface area contributed by atoms with E-state index in [1.54, 1.807) is 13.8 Å². The minimum Gasteiger partial charge on any atom is -0.505 e. The van der Waals surface area contributed by atoms with Gasteiger partial charge in [0.2, 0.25) is 0 Å². The first-order chi connectivity index (χ1) is 13.1. The highest BCUT2D eigenvalue weighted by Gasteiger charge is 2.38. The van der Waals surface area contributed by atoms with Gasteiger partial charge < -0.3 is 14.7 Å². The largest absolute Gasteiger partial charge is 0.505 e. The molecule has 2 aliphatic rings. The molecule has 28 heavy (non-hydrogen) atoms. The maximum absolute atomic E-state index is 13.5. The first kappa shape index (κ1) is 20.3. The molecule has 1 N–H and O–H groups in total. The van der Waals surface area contributed by atoms with Gasteiger partial charge in [0, 0.05) is 25.9 Å². The molecule has 1 aliphatic heterocycles. The number of morpholine rings is 1. The van der Waals surface area contributed by atoms with Crippen LogP contribution in [0.1, 0.15) is 44.4 Å². The first-order valence-corrected chi connectivity index (χ1v) is 9.06. The second-order valence-corrected chi connectivity index (χ2v) is 7.15. The molecule has 3 rings (SSSR count). The minimum absolute atomic E-state index is 0.108. The van der Waals surface area contributed by atoms with E-state index in [2.05, 4.69) is 4.98 Å². The van der Waals surface area contributed by atoms with Crippen LogP contribution in [0.4, 0.5) is 19.0 Å². The van der Waals surface area contributed by atoms with Crippen molar-refractivity contribution >= 4 is 23.1 Å². The summed E-state index contributed by atoms with van der Waals surface area (Å²) in [5.41, 5.74) is -1.56. The molecule has 0 radical (unpaired) electrons. The van der Waals surface area contributed by atoms with Crippen molar-refractivity contribution in [2.45, 2.75) is 51.5 Å². The van der Waals surface area contributed by atoms with Gasteiger partial charge in [0.15, 0.2) is 17.3 Å². The molecule has 9 heteroatoms. The van der Waals surface area contributed by atoms with E-state index < -0.39 is 29.1 Å². The van der Waals surface area contributed by atoms with E-state index >= 15 is 0 Å². The van der Waals surface area contributed by atoms with E-state index in [0.29, 0.717) is 6.42 Å². The summed E-state index contributed by atoms with van der Waals surface area (Å²) in [4.78, 5) is 29.6. The van der Waals surface area contributed by atoms with Crippen LogP contribution in [0.15, 0.2) is 17.7 Å². The van der Waals surface area contributed by atoms with Gasteiger partial charge >= 0.3 is 6.18 Å². The molecule has 0 bridgehead atoms. The van der Waals surface area contributed by atoms with Crippen LogP contribution in [0.25, 0.3) is 5.76 Å². The fourth-order valence-corrected chi connectivity index (χ4v) is 3.60. The van der Waals surface area contributed by atoms with Crippen molar-refractivity contribution in [1.82, 2.24) is 4.98 Å². The Morgan fingerprint density at radius 1 is 1.14 bits per heavy atom. The number of ketones is 2. The van der Waals surface area contributed by atoms with Crippen LogP contribution in [-0.2, 0) is 20.5 Å². The predicted molar refractivity (Wildman–Crippen MR) is 94.9 cm³/mol. The van der Waals surface area contributed by atoms with Crippen LogP contribution >= 0.6 is 0 Å². The predicted octanol–water partition coefficient (Wildman–Crippen LogP) is 3.31. The van der Waals surface area contributed by atoms with Gasteiger partial charge in [0.1, 0.15) is 17.1 Å². The highest BCUT2D eigenvalue weighted by Crippen LogP contribution is 2.37. The number of nitrogens with zero attached hydrogens (tertiary/aromatic N) is 2. The number of allylic oxidation sites excluding steroid dienone is 1. The third-order valence-corrected chi connectivity index (χ3v) is 4.74. The van der Waals surface area contributed by atoms with Gasteiger partial charge in [-0.3, -0.25) is 9.59 Å². The van der Waals surface area contributed by atoms with Crippen molar-refractivity contribution in [3.63, 3.8) is 0 Å². The molecule has 2 atom stereocenters. The lowest BCUT2D eigenvalue weighted by Crippen LogP contribution is -2.46. The van der Waals surface area contributed by atoms with Gasteiger partial charge in [-0.15, -0.1) is 0 Å². The number of anilines is 1. The van der Waals surface area contributed by atoms with Gasteiger partial charge in [0.25, 0.3) is 0 Å². The van der Waals surface area contributed by atoms with E-state index in [4.69, 9.17) is 4.74 Å². The van der Waals surface area contributed by atoms with Crippen LogP contribution in [0, 0.1) is 0 Å². The molecule has 0 spiro atoms. The number of aliphatic hydroxyl groups excluding tert-OH is 1. The number of hydrogen-bond acceptors (Lipinski definition) is 6. The molecule has 2 heterocycles. The number of aromatic nitrogens is 1. The number of hydrogen-bond donors (Lipinski definition) is 1. The number of carbonyl (C=O) groups is 2. The number of aliphatic hydroxyl groups is 1. The second kappa shape index (κ2) is 7.54. The van der Waals surface area contributed by atoms with Crippen molar-refractivity contribution in [2.75, 3.05) is 18.0 Å². The molecule has 0 amide bonds. The Hall–Kier alpha value is -2.42. The molecule has 152 valence electrons. The van der Waals surface area contributed by atoms with E-state index in [0.717, 1.165) is 12.1 Å². The van der Waals surface area contributed by atoms with Crippen molar-refractivity contribution in [2.24, 2.45) is 0 Å². The zero-order chi connectivity index (χ0) is 20.6. The summed E-state index contributed by atoms with van der Waals surface area (Å²) in [6.07, 6.45) is -4.64. The maximum Gasteiger partial charge on any atom is 0.419 e. The van der Waals surface area contributed by atoms with Crippen LogP contribution < -0.4 is 4.90 Å². The third kappa shape index (κ3) is 4.04. The van der Waals surface area contributed by atoms with Crippen LogP contribution in [0.5, 0.6) is 0 Å². The van der Waals surface area contributed by atoms with E-state index in [9.17, 15) is 27.9 Å². The monoisotopic (exact) mass is 398 g/mol. The highest BCUT2D eigenvalue weighted by atomic mass is 19.4. The smallest absolute Gasteiger partial charge is 0.419 e. The summed E-state index contributed by atoms with van der Waals surface area (Å²) in [5.74, 6) is -2.06. The molecule has 1 saturated carbocycles. The van der Waals surface area contributed by atoms with Gasteiger partial charge in [0.05, 0.1) is 17.8 Å².